The molecular weight excluding hydrogens is 342 g/mol. The molecule has 4 atom stereocenters. The van der Waals surface area contributed by atoms with Gasteiger partial charge in [0.15, 0.2) is 0 Å². The molecular formula is C18H22BrNO2. The SMILES string of the molecule is COC(=O)C1C2CCC(C[C@@H]1c1ccc(/C=C\Br)cc1)N2C. The molecule has 2 aliphatic heterocycles. The zero-order valence-corrected chi connectivity index (χ0v) is 14.6. The number of halogens is 1. The van der Waals surface area contributed by atoms with Crippen LogP contribution >= 0.6 is 15.9 Å². The maximum Gasteiger partial charge on any atom is 0.310 e. The van der Waals surface area contributed by atoms with Gasteiger partial charge in [0, 0.05) is 18.0 Å². The number of hydrogen-bond donors (Lipinski definition) is 0. The average Bonchev–Trinajstić information content (AvgIpc) is 2.77. The topological polar surface area (TPSA) is 29.5 Å². The molecule has 0 saturated carbocycles. The van der Waals surface area contributed by atoms with Crippen LogP contribution in [0.1, 0.15) is 36.3 Å². The average molecular weight is 364 g/mol. The Morgan fingerprint density at radius 2 is 2.05 bits per heavy atom. The summed E-state index contributed by atoms with van der Waals surface area (Å²) in [6.07, 6.45) is 5.34. The van der Waals surface area contributed by atoms with Crippen LogP contribution in [0.5, 0.6) is 0 Å². The van der Waals surface area contributed by atoms with Crippen LogP contribution in [0, 0.1) is 5.92 Å². The van der Waals surface area contributed by atoms with E-state index >= 15 is 0 Å². The fourth-order valence-corrected chi connectivity index (χ4v) is 4.50. The zero-order chi connectivity index (χ0) is 15.7. The first-order valence-electron chi connectivity index (χ1n) is 7.82. The Bertz CT molecular complexity index is 569. The van der Waals surface area contributed by atoms with E-state index in [0.717, 1.165) is 18.4 Å². The van der Waals surface area contributed by atoms with Gasteiger partial charge in [0.25, 0.3) is 0 Å². The van der Waals surface area contributed by atoms with Gasteiger partial charge < -0.3 is 4.74 Å². The molecule has 1 aromatic rings. The minimum Gasteiger partial charge on any atom is -0.469 e. The molecule has 0 aliphatic carbocycles. The van der Waals surface area contributed by atoms with Gasteiger partial charge in [-0.3, -0.25) is 9.69 Å². The number of methoxy groups -OCH3 is 1. The van der Waals surface area contributed by atoms with Crippen LogP contribution in [0.15, 0.2) is 29.3 Å². The van der Waals surface area contributed by atoms with Gasteiger partial charge in [-0.25, -0.2) is 0 Å². The van der Waals surface area contributed by atoms with Gasteiger partial charge in [-0.2, -0.15) is 0 Å². The highest BCUT2D eigenvalue weighted by molar-refractivity contribution is 9.11. The first-order chi connectivity index (χ1) is 10.7. The number of piperidine rings is 1. The van der Waals surface area contributed by atoms with Crippen molar-refractivity contribution in [1.82, 2.24) is 4.90 Å². The molecule has 2 fully saturated rings. The molecule has 0 amide bonds. The molecule has 0 N–H and O–H groups in total. The molecule has 2 bridgehead atoms. The number of hydrogen-bond acceptors (Lipinski definition) is 3. The third-order valence-corrected chi connectivity index (χ3v) is 5.63. The maximum atomic E-state index is 12.4. The Morgan fingerprint density at radius 1 is 1.32 bits per heavy atom. The number of nitrogens with zero attached hydrogens (tertiary/aromatic N) is 1. The van der Waals surface area contributed by atoms with E-state index < -0.39 is 0 Å². The van der Waals surface area contributed by atoms with Gasteiger partial charge in [-0.05, 0) is 48.5 Å². The first-order valence-corrected chi connectivity index (χ1v) is 8.73. The number of rotatable bonds is 3. The Balaban J connectivity index is 1.91. The third kappa shape index (κ3) is 2.74. The molecule has 0 spiro atoms. The molecule has 4 heteroatoms. The summed E-state index contributed by atoms with van der Waals surface area (Å²) < 4.78 is 5.12. The summed E-state index contributed by atoms with van der Waals surface area (Å²) >= 11 is 3.30. The van der Waals surface area contributed by atoms with E-state index in [4.69, 9.17) is 4.74 Å². The van der Waals surface area contributed by atoms with E-state index in [1.54, 1.807) is 0 Å². The van der Waals surface area contributed by atoms with Crippen molar-refractivity contribution in [2.75, 3.05) is 14.2 Å². The molecule has 3 unspecified atom stereocenters. The number of carbonyl (C=O) groups excluding carboxylic acids is 1. The van der Waals surface area contributed by atoms with E-state index in [9.17, 15) is 4.79 Å². The van der Waals surface area contributed by atoms with Crippen molar-refractivity contribution in [3.8, 4) is 0 Å². The Morgan fingerprint density at radius 3 is 2.68 bits per heavy atom. The number of benzene rings is 1. The Kier molecular flexibility index (Phi) is 4.69. The predicted molar refractivity (Wildman–Crippen MR) is 91.8 cm³/mol. The molecule has 2 aliphatic rings. The van der Waals surface area contributed by atoms with Gasteiger partial charge in [-0.1, -0.05) is 40.2 Å². The molecule has 118 valence electrons. The summed E-state index contributed by atoms with van der Waals surface area (Å²) in [5.41, 5.74) is 2.42. The summed E-state index contributed by atoms with van der Waals surface area (Å²) in [5.74, 6) is 0.154. The van der Waals surface area contributed by atoms with Crippen LogP contribution in [0.3, 0.4) is 0 Å². The van der Waals surface area contributed by atoms with Crippen molar-refractivity contribution in [2.24, 2.45) is 5.92 Å². The van der Waals surface area contributed by atoms with Crippen molar-refractivity contribution in [1.29, 1.82) is 0 Å². The van der Waals surface area contributed by atoms with Crippen LogP contribution in [0.4, 0.5) is 0 Å². The second kappa shape index (κ2) is 6.55. The molecule has 2 saturated heterocycles. The van der Waals surface area contributed by atoms with Crippen molar-refractivity contribution in [2.45, 2.75) is 37.3 Å². The van der Waals surface area contributed by atoms with Gasteiger partial charge >= 0.3 is 5.97 Å². The lowest BCUT2D eigenvalue weighted by atomic mass is 9.76. The second-order valence-corrected chi connectivity index (χ2v) is 6.84. The van der Waals surface area contributed by atoms with E-state index in [2.05, 4.69) is 52.1 Å². The second-order valence-electron chi connectivity index (χ2n) is 6.31. The molecule has 2 heterocycles. The fourth-order valence-electron chi connectivity index (χ4n) is 4.19. The quantitative estimate of drug-likeness (QED) is 0.765. The van der Waals surface area contributed by atoms with Crippen molar-refractivity contribution < 1.29 is 9.53 Å². The predicted octanol–water partition coefficient (Wildman–Crippen LogP) is 3.79. The van der Waals surface area contributed by atoms with Crippen LogP contribution in [-0.4, -0.2) is 37.1 Å². The summed E-state index contributed by atoms with van der Waals surface area (Å²) in [7, 11) is 3.66. The van der Waals surface area contributed by atoms with Crippen molar-refractivity contribution in [3.05, 3.63) is 40.4 Å². The van der Waals surface area contributed by atoms with E-state index in [1.807, 2.05) is 11.1 Å². The molecule has 0 aromatic heterocycles. The van der Waals surface area contributed by atoms with Crippen LogP contribution in [0.2, 0.25) is 0 Å². The van der Waals surface area contributed by atoms with Gasteiger partial charge in [0.05, 0.1) is 13.0 Å². The minimum atomic E-state index is -0.0633. The summed E-state index contributed by atoms with van der Waals surface area (Å²) in [4.78, 5) is 16.6. The molecule has 22 heavy (non-hydrogen) atoms. The smallest absolute Gasteiger partial charge is 0.310 e. The lowest BCUT2D eigenvalue weighted by Gasteiger charge is -2.41. The Labute approximate surface area is 140 Å². The largest absolute Gasteiger partial charge is 0.469 e. The highest BCUT2D eigenvalue weighted by Gasteiger charge is 2.49. The van der Waals surface area contributed by atoms with Gasteiger partial charge in [0.2, 0.25) is 0 Å². The van der Waals surface area contributed by atoms with Crippen LogP contribution < -0.4 is 0 Å². The number of fused-ring (bicyclic) bond motifs is 2. The normalized spacial score (nSPS) is 31.6. The highest BCUT2D eigenvalue weighted by Crippen LogP contribution is 2.46. The summed E-state index contributed by atoms with van der Waals surface area (Å²) in [6.45, 7) is 0. The number of esters is 1. The van der Waals surface area contributed by atoms with Crippen molar-refractivity contribution >= 4 is 28.0 Å². The van der Waals surface area contributed by atoms with Crippen molar-refractivity contribution in [3.63, 3.8) is 0 Å². The lowest BCUT2D eigenvalue weighted by Crippen LogP contribution is -2.49. The van der Waals surface area contributed by atoms with Gasteiger partial charge in [0.1, 0.15) is 0 Å². The van der Waals surface area contributed by atoms with Crippen LogP contribution in [-0.2, 0) is 9.53 Å². The maximum absolute atomic E-state index is 12.4. The molecule has 3 nitrogen and oxygen atoms in total. The van der Waals surface area contributed by atoms with Crippen LogP contribution in [0.25, 0.3) is 6.08 Å². The van der Waals surface area contributed by atoms with E-state index in [0.29, 0.717) is 12.1 Å². The monoisotopic (exact) mass is 363 g/mol. The Hall–Kier alpha value is -1.13. The first kappa shape index (κ1) is 15.8. The highest BCUT2D eigenvalue weighted by atomic mass is 79.9. The number of ether oxygens (including phenoxy) is 1. The third-order valence-electron chi connectivity index (χ3n) is 5.36. The van der Waals surface area contributed by atoms with E-state index in [-0.39, 0.29) is 17.8 Å². The standard InChI is InChI=1S/C18H22BrNO2/c1-20-14-7-8-16(20)17(18(21)22-2)15(11-14)13-5-3-12(4-6-13)9-10-19/h3-6,9-10,14-17H,7-8,11H2,1-2H3/b10-9-/t14?,15-,16?,17?/m1/s1. The molecule has 1 aromatic carbocycles. The molecule has 0 radical (unpaired) electrons. The van der Waals surface area contributed by atoms with E-state index in [1.165, 1.54) is 19.1 Å². The minimum absolute atomic E-state index is 0.0497. The van der Waals surface area contributed by atoms with Gasteiger partial charge in [-0.15, -0.1) is 0 Å². The zero-order valence-electron chi connectivity index (χ0n) is 13.0. The molecule has 3 rings (SSSR count). The summed E-state index contributed by atoms with van der Waals surface area (Å²) in [5, 5.41) is 0. The summed E-state index contributed by atoms with van der Waals surface area (Å²) in [6, 6.07) is 9.46. The fraction of sp³-hybridized carbons (Fsp3) is 0.500. The lowest BCUT2D eigenvalue weighted by molar-refractivity contribution is -0.150. The number of carbonyl (C=O) groups is 1.